The van der Waals surface area contributed by atoms with Gasteiger partial charge in [-0.3, -0.25) is 4.79 Å². The molecule has 0 aliphatic carbocycles. The van der Waals surface area contributed by atoms with Crippen LogP contribution in [0.5, 0.6) is 0 Å². The van der Waals surface area contributed by atoms with Crippen LogP contribution in [0, 0.1) is 0 Å². The molecule has 1 aliphatic heterocycles. The highest BCUT2D eigenvalue weighted by molar-refractivity contribution is 5.99. The lowest BCUT2D eigenvalue weighted by Crippen LogP contribution is -2.42. The van der Waals surface area contributed by atoms with Crippen LogP contribution in [0.15, 0.2) is 66.7 Å². The van der Waals surface area contributed by atoms with E-state index in [1.807, 2.05) is 36.4 Å². The van der Waals surface area contributed by atoms with Gasteiger partial charge >= 0.3 is 0 Å². The third-order valence-electron chi connectivity index (χ3n) is 4.92. The normalized spacial score (nSPS) is 19.8. The summed E-state index contributed by atoms with van der Waals surface area (Å²) in [5.74, 6) is -0.101. The van der Waals surface area contributed by atoms with Gasteiger partial charge in [-0.15, -0.1) is 0 Å². The molecule has 1 N–H and O–H groups in total. The number of hydrogen-bond acceptors (Lipinski definition) is 2. The van der Waals surface area contributed by atoms with E-state index in [0.29, 0.717) is 24.1 Å². The summed E-state index contributed by atoms with van der Waals surface area (Å²) in [6, 6.07) is 21.8. The van der Waals surface area contributed by atoms with Crippen LogP contribution in [0.25, 0.3) is 10.8 Å². The van der Waals surface area contributed by atoms with Crippen LogP contribution in [0.4, 0.5) is 0 Å². The molecule has 24 heavy (non-hydrogen) atoms. The Labute approximate surface area is 141 Å². The van der Waals surface area contributed by atoms with E-state index in [-0.39, 0.29) is 5.91 Å². The van der Waals surface area contributed by atoms with Crippen molar-refractivity contribution in [1.29, 1.82) is 0 Å². The Kier molecular flexibility index (Phi) is 3.39. The Hall–Kier alpha value is -2.65. The molecule has 3 nitrogen and oxygen atoms in total. The molecule has 3 heteroatoms. The molecule has 0 aromatic heterocycles. The van der Waals surface area contributed by atoms with Crippen molar-refractivity contribution in [2.45, 2.75) is 19.1 Å². The second-order valence-electron chi connectivity index (χ2n) is 6.41. The largest absolute Gasteiger partial charge is 0.367 e. The Morgan fingerprint density at radius 2 is 1.67 bits per heavy atom. The van der Waals surface area contributed by atoms with E-state index in [4.69, 9.17) is 0 Å². The Morgan fingerprint density at radius 1 is 0.958 bits per heavy atom. The third-order valence-corrected chi connectivity index (χ3v) is 4.92. The molecule has 0 spiro atoms. The fraction of sp³-hybridized carbons (Fsp3) is 0.190. The van der Waals surface area contributed by atoms with Crippen LogP contribution in [-0.2, 0) is 12.1 Å². The highest BCUT2D eigenvalue weighted by Crippen LogP contribution is 2.36. The zero-order chi connectivity index (χ0) is 16.7. The first-order valence-electron chi connectivity index (χ1n) is 8.19. The number of carbonyl (C=O) groups is 1. The summed E-state index contributed by atoms with van der Waals surface area (Å²) in [6.07, 6.45) is 0.706. The van der Waals surface area contributed by atoms with Crippen molar-refractivity contribution in [2.75, 3.05) is 6.54 Å². The molecular weight excluding hydrogens is 298 g/mol. The number of carbonyl (C=O) groups excluding carboxylic acids is 1. The Morgan fingerprint density at radius 3 is 2.50 bits per heavy atom. The van der Waals surface area contributed by atoms with Gasteiger partial charge in [-0.2, -0.15) is 0 Å². The summed E-state index contributed by atoms with van der Waals surface area (Å²) >= 11 is 0. The van der Waals surface area contributed by atoms with Crippen LogP contribution in [0.2, 0.25) is 0 Å². The smallest absolute Gasteiger partial charge is 0.256 e. The zero-order valence-corrected chi connectivity index (χ0v) is 13.6. The van der Waals surface area contributed by atoms with E-state index >= 15 is 0 Å². The minimum atomic E-state index is -1.25. The lowest BCUT2D eigenvalue weighted by Gasteiger charge is -2.31. The molecule has 0 bridgehead atoms. The van der Waals surface area contributed by atoms with E-state index in [0.717, 1.165) is 0 Å². The summed E-state index contributed by atoms with van der Waals surface area (Å²) in [4.78, 5) is 14.2. The van der Waals surface area contributed by atoms with Crippen LogP contribution < -0.4 is 0 Å². The van der Waals surface area contributed by atoms with Crippen molar-refractivity contribution in [3.63, 3.8) is 0 Å². The molecule has 0 radical (unpaired) electrons. The summed E-state index contributed by atoms with van der Waals surface area (Å²) in [6.45, 7) is 2.17. The number of aliphatic hydroxyl groups is 1. The number of amides is 1. The van der Waals surface area contributed by atoms with Gasteiger partial charge in [-0.25, -0.2) is 0 Å². The van der Waals surface area contributed by atoms with Gasteiger partial charge in [-0.05, 0) is 35.7 Å². The topological polar surface area (TPSA) is 40.5 Å². The lowest BCUT2D eigenvalue weighted by atomic mass is 10.0. The summed E-state index contributed by atoms with van der Waals surface area (Å²) in [5, 5.41) is 13.3. The SMILES string of the molecule is C[C@@]1(O)c2ccccc2C(=O)N1CCc1cccc2ccccc12. The summed E-state index contributed by atoms with van der Waals surface area (Å²) < 4.78 is 0. The van der Waals surface area contributed by atoms with E-state index in [9.17, 15) is 9.90 Å². The molecular formula is C21H19NO2. The molecule has 1 atom stereocenters. The standard InChI is InChI=1S/C21H19NO2/c1-21(24)19-12-5-4-11-18(19)20(23)22(21)14-13-16-9-6-8-15-7-2-3-10-17(15)16/h2-12,24H,13-14H2,1H3/t21-/m1/s1. The Balaban J connectivity index is 1.64. The van der Waals surface area contributed by atoms with Crippen molar-refractivity contribution in [1.82, 2.24) is 4.90 Å². The highest BCUT2D eigenvalue weighted by atomic mass is 16.3. The number of fused-ring (bicyclic) bond motifs is 2. The average molecular weight is 317 g/mol. The molecule has 1 heterocycles. The van der Waals surface area contributed by atoms with Gasteiger partial charge in [0, 0.05) is 17.7 Å². The van der Waals surface area contributed by atoms with Crippen LogP contribution >= 0.6 is 0 Å². The second kappa shape index (κ2) is 5.46. The van der Waals surface area contributed by atoms with Crippen molar-refractivity contribution in [3.8, 4) is 0 Å². The zero-order valence-electron chi connectivity index (χ0n) is 13.6. The number of nitrogens with zero attached hydrogens (tertiary/aromatic N) is 1. The van der Waals surface area contributed by atoms with Gasteiger partial charge in [-0.1, -0.05) is 60.7 Å². The molecule has 4 rings (SSSR count). The summed E-state index contributed by atoms with van der Waals surface area (Å²) in [5.41, 5.74) is 1.22. The quantitative estimate of drug-likeness (QED) is 0.800. The molecule has 1 aliphatic rings. The molecule has 0 unspecified atom stereocenters. The van der Waals surface area contributed by atoms with E-state index in [1.54, 1.807) is 17.9 Å². The Bertz CT molecular complexity index is 925. The molecule has 1 amide bonds. The van der Waals surface area contributed by atoms with E-state index in [1.165, 1.54) is 16.3 Å². The van der Waals surface area contributed by atoms with Gasteiger partial charge in [0.05, 0.1) is 0 Å². The van der Waals surface area contributed by atoms with Crippen molar-refractivity contribution in [3.05, 3.63) is 83.4 Å². The predicted molar refractivity (Wildman–Crippen MR) is 94.7 cm³/mol. The minimum absolute atomic E-state index is 0.101. The first-order valence-corrected chi connectivity index (χ1v) is 8.19. The van der Waals surface area contributed by atoms with E-state index < -0.39 is 5.72 Å². The first-order chi connectivity index (χ1) is 11.6. The maximum Gasteiger partial charge on any atom is 0.256 e. The van der Waals surface area contributed by atoms with Crippen molar-refractivity contribution >= 4 is 16.7 Å². The van der Waals surface area contributed by atoms with E-state index in [2.05, 4.69) is 24.3 Å². The van der Waals surface area contributed by atoms with Gasteiger partial charge in [0.2, 0.25) is 0 Å². The molecule has 3 aromatic carbocycles. The monoisotopic (exact) mass is 317 g/mol. The fourth-order valence-electron chi connectivity index (χ4n) is 3.63. The lowest BCUT2D eigenvalue weighted by molar-refractivity contribution is -0.0678. The van der Waals surface area contributed by atoms with Gasteiger partial charge in [0.15, 0.2) is 5.72 Å². The fourth-order valence-corrected chi connectivity index (χ4v) is 3.63. The van der Waals surface area contributed by atoms with Crippen LogP contribution in [0.1, 0.15) is 28.4 Å². The van der Waals surface area contributed by atoms with Crippen molar-refractivity contribution < 1.29 is 9.90 Å². The van der Waals surface area contributed by atoms with Crippen LogP contribution in [-0.4, -0.2) is 22.5 Å². The minimum Gasteiger partial charge on any atom is -0.367 e. The van der Waals surface area contributed by atoms with Crippen molar-refractivity contribution in [2.24, 2.45) is 0 Å². The average Bonchev–Trinajstić information content (AvgIpc) is 2.80. The van der Waals surface area contributed by atoms with Crippen LogP contribution in [0.3, 0.4) is 0 Å². The molecule has 0 saturated heterocycles. The second-order valence-corrected chi connectivity index (χ2v) is 6.41. The molecule has 3 aromatic rings. The molecule has 0 fully saturated rings. The number of hydrogen-bond donors (Lipinski definition) is 1. The molecule has 0 saturated carbocycles. The first kappa shape index (κ1) is 14.9. The number of rotatable bonds is 3. The van der Waals surface area contributed by atoms with Gasteiger partial charge in [0.25, 0.3) is 5.91 Å². The summed E-state index contributed by atoms with van der Waals surface area (Å²) in [7, 11) is 0. The van der Waals surface area contributed by atoms with Gasteiger partial charge < -0.3 is 10.0 Å². The molecule has 120 valence electrons. The predicted octanol–water partition coefficient (Wildman–Crippen LogP) is 3.70. The van der Waals surface area contributed by atoms with Gasteiger partial charge in [0.1, 0.15) is 0 Å². The highest BCUT2D eigenvalue weighted by Gasteiger charge is 2.44. The number of benzene rings is 3. The maximum atomic E-state index is 12.7. The maximum absolute atomic E-state index is 12.7. The third kappa shape index (κ3) is 2.21.